The molecule has 1 aliphatic heterocycles. The Morgan fingerprint density at radius 2 is 1.23 bits per heavy atom. The van der Waals surface area contributed by atoms with Gasteiger partial charge in [-0.3, -0.25) is 4.90 Å². The number of ether oxygens (including phenoxy) is 4. The molecule has 30 heavy (non-hydrogen) atoms. The second-order valence-corrected chi connectivity index (χ2v) is 5.91. The van der Waals surface area contributed by atoms with Crippen molar-refractivity contribution in [3.63, 3.8) is 0 Å². The van der Waals surface area contributed by atoms with Crippen LogP contribution >= 0.6 is 12.2 Å². The molecular formula is C18H27F2LiN2O6S. The summed E-state index contributed by atoms with van der Waals surface area (Å²) >= 11 is 3.70. The summed E-state index contributed by atoms with van der Waals surface area (Å²) in [4.78, 5) is 1.98. The Labute approximate surface area is 192 Å². The monoisotopic (exact) mass is 444 g/mol. The largest absolute Gasteiger partial charge is 1.00 e. The van der Waals surface area contributed by atoms with E-state index in [1.165, 1.54) is 5.16 Å². The summed E-state index contributed by atoms with van der Waals surface area (Å²) < 4.78 is 48.7. The molecule has 0 radical (unpaired) electrons. The number of benzene rings is 1. The predicted octanol–water partition coefficient (Wildman–Crippen LogP) is -1.61. The van der Waals surface area contributed by atoms with E-state index in [1.54, 1.807) is 0 Å². The van der Waals surface area contributed by atoms with Crippen LogP contribution in [0.2, 0.25) is 0 Å². The van der Waals surface area contributed by atoms with E-state index in [1.807, 2.05) is 4.90 Å². The van der Waals surface area contributed by atoms with Gasteiger partial charge in [-0.2, -0.15) is 5.16 Å². The third kappa shape index (κ3) is 14.1. The van der Waals surface area contributed by atoms with Crippen LogP contribution in [0, 0.1) is 11.6 Å². The van der Waals surface area contributed by atoms with Gasteiger partial charge in [-0.05, 0) is 17.7 Å². The van der Waals surface area contributed by atoms with Crippen molar-refractivity contribution in [2.75, 3.05) is 65.9 Å². The molecule has 0 unspecified atom stereocenters. The molecule has 166 valence electrons. The van der Waals surface area contributed by atoms with Crippen LogP contribution in [0.1, 0.15) is 5.56 Å². The molecule has 1 aliphatic rings. The summed E-state index contributed by atoms with van der Waals surface area (Å²) in [5, 5.41) is 17.7. The van der Waals surface area contributed by atoms with Crippen molar-refractivity contribution < 1.29 is 57.2 Å². The SMILES string of the molecule is O.Oc1c(F)cc(CN2CCOCCOCCOCCOCC2)cc1F.[Li+].[N-]=C=S. The summed E-state index contributed by atoms with van der Waals surface area (Å²) in [5.74, 6) is -2.88. The molecule has 1 saturated heterocycles. The molecule has 0 aromatic heterocycles. The van der Waals surface area contributed by atoms with E-state index >= 15 is 0 Å². The van der Waals surface area contributed by atoms with Crippen molar-refractivity contribution in [3.05, 3.63) is 34.7 Å². The van der Waals surface area contributed by atoms with Crippen molar-refractivity contribution in [1.82, 2.24) is 4.90 Å². The van der Waals surface area contributed by atoms with Crippen molar-refractivity contribution in [2.24, 2.45) is 0 Å². The predicted molar refractivity (Wildman–Crippen MR) is 106 cm³/mol. The average molecular weight is 444 g/mol. The van der Waals surface area contributed by atoms with E-state index in [2.05, 4.69) is 12.2 Å². The summed E-state index contributed by atoms with van der Waals surface area (Å²) in [6, 6.07) is 2.27. The van der Waals surface area contributed by atoms with Crippen LogP contribution in [0.15, 0.2) is 12.1 Å². The van der Waals surface area contributed by atoms with Gasteiger partial charge in [0.25, 0.3) is 0 Å². The van der Waals surface area contributed by atoms with Crippen molar-refractivity contribution in [3.8, 4) is 5.75 Å². The van der Waals surface area contributed by atoms with E-state index in [4.69, 9.17) is 24.4 Å². The van der Waals surface area contributed by atoms with Crippen LogP contribution in [0.5, 0.6) is 5.75 Å². The molecule has 0 spiro atoms. The number of halogens is 2. The van der Waals surface area contributed by atoms with E-state index < -0.39 is 17.4 Å². The van der Waals surface area contributed by atoms with Crippen LogP contribution in [0.3, 0.4) is 0 Å². The molecular weight excluding hydrogens is 417 g/mol. The summed E-state index contributed by atoms with van der Waals surface area (Å²) in [7, 11) is 0. The quantitative estimate of drug-likeness (QED) is 0.332. The molecule has 0 bridgehead atoms. The number of hydrogen-bond donors (Lipinski definition) is 1. The van der Waals surface area contributed by atoms with Crippen LogP contribution in [0.4, 0.5) is 8.78 Å². The Bertz CT molecular complexity index is 573. The summed E-state index contributed by atoms with van der Waals surface area (Å²) in [5.41, 5.74) is 0.442. The first kappa shape index (κ1) is 31.2. The van der Waals surface area contributed by atoms with E-state index in [0.717, 1.165) is 12.1 Å². The number of isothiocyanates is 1. The summed E-state index contributed by atoms with van der Waals surface area (Å²) in [6.07, 6.45) is 0. The average Bonchev–Trinajstić information content (AvgIpc) is 2.67. The topological polar surface area (TPSA) is 114 Å². The van der Waals surface area contributed by atoms with Gasteiger partial charge in [0, 0.05) is 19.6 Å². The van der Waals surface area contributed by atoms with Crippen molar-refractivity contribution in [1.29, 1.82) is 0 Å². The fourth-order valence-corrected chi connectivity index (χ4v) is 2.39. The molecule has 0 saturated carbocycles. The first-order valence-corrected chi connectivity index (χ1v) is 9.20. The van der Waals surface area contributed by atoms with Gasteiger partial charge >= 0.3 is 18.9 Å². The van der Waals surface area contributed by atoms with Crippen molar-refractivity contribution >= 4 is 17.4 Å². The second kappa shape index (κ2) is 20.0. The molecule has 0 atom stereocenters. The molecule has 1 aromatic rings. The minimum Gasteiger partial charge on any atom is -0.753 e. The summed E-state index contributed by atoms with van der Waals surface area (Å²) in [6.45, 7) is 5.44. The first-order valence-electron chi connectivity index (χ1n) is 8.80. The standard InChI is InChI=1S/C17H25F2NO5.CNS.Li.H2O/c18-15-11-14(12-16(19)17(15)21)13-20-1-3-22-5-7-24-9-10-25-8-6-23-4-2-20;2-1-3;;/h11-12,21H,1-10,13H2;;;1H2/q;-1;+1;. The zero-order valence-electron chi connectivity index (χ0n) is 17.1. The minimum absolute atomic E-state index is 0. The smallest absolute Gasteiger partial charge is 0.753 e. The molecule has 2 rings (SSSR count). The molecule has 0 amide bonds. The maximum Gasteiger partial charge on any atom is 1.00 e. The van der Waals surface area contributed by atoms with Crippen LogP contribution in [0.25, 0.3) is 5.41 Å². The fraction of sp³-hybridized carbons (Fsp3) is 0.611. The van der Waals surface area contributed by atoms with Crippen LogP contribution < -0.4 is 18.9 Å². The molecule has 12 heteroatoms. The van der Waals surface area contributed by atoms with Gasteiger partial charge in [0.1, 0.15) is 0 Å². The first-order chi connectivity index (χ1) is 13.6. The van der Waals surface area contributed by atoms with E-state index in [-0.39, 0.29) is 24.3 Å². The number of nitrogens with zero attached hydrogens (tertiary/aromatic N) is 2. The van der Waals surface area contributed by atoms with Gasteiger partial charge in [-0.1, -0.05) is 12.2 Å². The van der Waals surface area contributed by atoms with Gasteiger partial charge in [-0.25, -0.2) is 8.78 Å². The fourth-order valence-electron chi connectivity index (χ4n) is 2.39. The van der Waals surface area contributed by atoms with Gasteiger partial charge in [-0.15, -0.1) is 0 Å². The van der Waals surface area contributed by atoms with Gasteiger partial charge < -0.3 is 34.9 Å². The maximum atomic E-state index is 13.5. The van der Waals surface area contributed by atoms with Crippen LogP contribution in [-0.4, -0.2) is 86.6 Å². The molecule has 1 fully saturated rings. The van der Waals surface area contributed by atoms with E-state index in [0.29, 0.717) is 78.1 Å². The number of rotatable bonds is 2. The Morgan fingerprint density at radius 3 is 1.60 bits per heavy atom. The van der Waals surface area contributed by atoms with Crippen molar-refractivity contribution in [2.45, 2.75) is 6.54 Å². The Balaban J connectivity index is 0. The third-order valence-corrected chi connectivity index (χ3v) is 3.70. The Hall–Kier alpha value is -0.963. The second-order valence-electron chi connectivity index (χ2n) is 5.72. The normalized spacial score (nSPS) is 16.9. The van der Waals surface area contributed by atoms with Crippen LogP contribution in [-0.2, 0) is 25.5 Å². The zero-order chi connectivity index (χ0) is 20.6. The number of hydrogen-bond acceptors (Lipinski definition) is 7. The Morgan fingerprint density at radius 1 is 0.900 bits per heavy atom. The zero-order valence-corrected chi connectivity index (χ0v) is 17.9. The number of phenols is 1. The molecule has 0 aliphatic carbocycles. The maximum absolute atomic E-state index is 13.5. The van der Waals surface area contributed by atoms with Gasteiger partial charge in [0.15, 0.2) is 17.4 Å². The number of aromatic hydroxyl groups is 1. The Kier molecular flexibility index (Phi) is 20.8. The minimum atomic E-state index is -0.963. The molecule has 1 aromatic carbocycles. The van der Waals surface area contributed by atoms with Gasteiger partial charge in [0.2, 0.25) is 0 Å². The van der Waals surface area contributed by atoms with Gasteiger partial charge in [0.05, 0.1) is 52.9 Å². The van der Waals surface area contributed by atoms with E-state index in [9.17, 15) is 13.9 Å². The number of phenolic OH excluding ortho intramolecular Hbond substituents is 1. The molecule has 1 heterocycles. The molecule has 3 N–H and O–H groups in total. The third-order valence-electron chi connectivity index (χ3n) is 3.70. The number of thiocarbonyl (C=S) groups is 1. The molecule has 8 nitrogen and oxygen atoms in total.